The van der Waals surface area contributed by atoms with Gasteiger partial charge < -0.3 is 44.6 Å². The molecule has 0 heterocycles. The van der Waals surface area contributed by atoms with Crippen LogP contribution in [0.25, 0.3) is 0 Å². The van der Waals surface area contributed by atoms with E-state index >= 15 is 0 Å². The van der Waals surface area contributed by atoms with Crippen LogP contribution in [0.3, 0.4) is 0 Å². The zero-order valence-corrected chi connectivity index (χ0v) is 26.6. The predicted molar refractivity (Wildman–Crippen MR) is 110 cm³/mol. The summed E-state index contributed by atoms with van der Waals surface area (Å²) in [5.74, 6) is -92.7. The van der Waals surface area contributed by atoms with Gasteiger partial charge in [0.1, 0.15) is 12.6 Å². The Morgan fingerprint density at radius 3 is 0.887 bits per heavy atom. The van der Waals surface area contributed by atoms with Crippen LogP contribution in [0, 0.1) is 0 Å². The van der Waals surface area contributed by atoms with Crippen molar-refractivity contribution in [3.05, 3.63) is 0 Å². The normalized spacial score (nSPS) is 16.6. The van der Waals surface area contributed by atoms with Crippen LogP contribution in [0.2, 0.25) is 0 Å². The van der Waals surface area contributed by atoms with E-state index in [1.807, 2.05) is 0 Å². The summed E-state index contributed by atoms with van der Waals surface area (Å²) in [6.07, 6.45) is -24.7. The highest BCUT2D eigenvalue weighted by atomic mass is 127. The summed E-state index contributed by atoms with van der Waals surface area (Å²) in [7, 11) is 0. The third-order valence-corrected chi connectivity index (χ3v) is 7.06. The molecular formula is C21H19F27INO3. The zero-order valence-electron chi connectivity index (χ0n) is 24.4. The zero-order chi connectivity index (χ0) is 42.6. The fourth-order valence-electron chi connectivity index (χ4n) is 3.91. The van der Waals surface area contributed by atoms with Gasteiger partial charge in [0, 0.05) is 32.5 Å². The highest BCUT2D eigenvalue weighted by molar-refractivity contribution is 5.21. The minimum Gasteiger partial charge on any atom is -1.00 e. The van der Waals surface area contributed by atoms with Crippen molar-refractivity contribution in [3.8, 4) is 0 Å². The molecule has 322 valence electrons. The number of aliphatic hydroxyl groups is 3. The van der Waals surface area contributed by atoms with Gasteiger partial charge in [-0.1, -0.05) is 0 Å². The molecule has 1 atom stereocenters. The van der Waals surface area contributed by atoms with Crippen molar-refractivity contribution in [2.75, 3.05) is 19.8 Å². The molecule has 0 saturated carbocycles. The fourth-order valence-corrected chi connectivity index (χ4v) is 3.91. The van der Waals surface area contributed by atoms with Crippen LogP contribution in [0.15, 0.2) is 0 Å². The number of quaternary nitrogens is 1. The first-order valence-electron chi connectivity index (χ1n) is 12.7. The second-order valence-corrected chi connectivity index (χ2v) is 10.6. The highest BCUT2D eigenvalue weighted by Crippen LogP contribution is 2.69. The van der Waals surface area contributed by atoms with E-state index in [-0.39, 0.29) is 24.0 Å². The van der Waals surface area contributed by atoms with Gasteiger partial charge in [-0.25, -0.2) is 4.39 Å². The topological polar surface area (TPSA) is 77.3 Å². The molecule has 0 radical (unpaired) electrons. The van der Waals surface area contributed by atoms with E-state index in [1.54, 1.807) is 0 Å². The number of halogens is 28. The lowest BCUT2D eigenvalue weighted by Crippen LogP contribution is -3.00. The quantitative estimate of drug-likeness (QED) is 0.118. The van der Waals surface area contributed by atoms with E-state index in [9.17, 15) is 124 Å². The predicted octanol–water partition coefficient (Wildman–Crippen LogP) is 3.62. The van der Waals surface area contributed by atoms with E-state index in [0.717, 1.165) is 0 Å². The number of rotatable bonds is 19. The molecule has 0 fully saturated rings. The summed E-state index contributed by atoms with van der Waals surface area (Å²) >= 11 is 0. The van der Waals surface area contributed by atoms with Gasteiger partial charge in [0.15, 0.2) is 0 Å². The molecule has 1 unspecified atom stereocenters. The molecule has 53 heavy (non-hydrogen) atoms. The van der Waals surface area contributed by atoms with E-state index in [4.69, 9.17) is 10.2 Å². The monoisotopic (exact) mass is 973 g/mol. The lowest BCUT2D eigenvalue weighted by Gasteiger charge is -2.46. The molecule has 0 aromatic heterocycles. The molecule has 4 nitrogen and oxygen atoms in total. The Kier molecular flexibility index (Phi) is 15.8. The minimum atomic E-state index is -9.88. The number of alkyl halides is 27. The molecule has 0 aliphatic rings. The standard InChI is InChI=1S/C21H18F27NO3.HI/c22-9(23,5-8(52)6-49-7(1-3-50)2-4-51)11(25,26)13(29,30)15(33,34)17(37,38)19(41,42)18(39,40)16(35,36)14(31,32)12(27,28)10(24,20(43,44)45)21(46,47)48;/h7-8,49-52H,1-6H2;1H. The molecule has 0 spiro atoms. The lowest BCUT2D eigenvalue weighted by molar-refractivity contribution is -0.696. The van der Waals surface area contributed by atoms with Crippen molar-refractivity contribution in [1.82, 2.24) is 0 Å². The fraction of sp³-hybridized carbons (Fsp3) is 1.00. The smallest absolute Gasteiger partial charge is 0.438 e. The summed E-state index contributed by atoms with van der Waals surface area (Å²) in [5, 5.41) is 27.5. The molecule has 5 N–H and O–H groups in total. The number of nitrogens with two attached hydrogens (primary N) is 1. The Hall–Kier alpha value is -1.32. The van der Waals surface area contributed by atoms with E-state index in [1.165, 1.54) is 0 Å². The molecule has 0 aliphatic heterocycles. The van der Waals surface area contributed by atoms with Crippen LogP contribution in [-0.2, 0) is 0 Å². The molecule has 0 amide bonds. The molecule has 0 aromatic carbocycles. The Balaban J connectivity index is 0. The minimum absolute atomic E-state index is 0. The average Bonchev–Trinajstić information content (AvgIpc) is 2.93. The van der Waals surface area contributed by atoms with E-state index in [2.05, 4.69) is 0 Å². The van der Waals surface area contributed by atoms with Gasteiger partial charge in [-0.2, -0.15) is 114 Å². The number of hydrogen-bond donors (Lipinski definition) is 4. The molecule has 0 aromatic rings. The second kappa shape index (κ2) is 15.6. The second-order valence-electron chi connectivity index (χ2n) is 10.6. The van der Waals surface area contributed by atoms with Crippen LogP contribution in [-0.4, -0.2) is 124 Å². The first-order chi connectivity index (χ1) is 22.4. The Morgan fingerprint density at radius 2 is 0.642 bits per heavy atom. The molecule has 0 aliphatic carbocycles. The van der Waals surface area contributed by atoms with Gasteiger partial charge in [-0.3, -0.25) is 0 Å². The maximum absolute atomic E-state index is 14.1. The van der Waals surface area contributed by atoms with Gasteiger partial charge in [-0.05, 0) is 0 Å². The van der Waals surface area contributed by atoms with E-state index < -0.39 is 128 Å². The lowest BCUT2D eigenvalue weighted by atomic mass is 9.81. The van der Waals surface area contributed by atoms with Crippen LogP contribution < -0.4 is 29.3 Å². The largest absolute Gasteiger partial charge is 1.00 e. The molecular weight excluding hydrogens is 954 g/mol. The average molecular weight is 973 g/mol. The molecule has 32 heteroatoms. The van der Waals surface area contributed by atoms with Crippen LogP contribution in [0.1, 0.15) is 19.3 Å². The summed E-state index contributed by atoms with van der Waals surface area (Å²) in [6.45, 7) is -2.96. The first-order valence-corrected chi connectivity index (χ1v) is 12.7. The van der Waals surface area contributed by atoms with Gasteiger partial charge in [0.05, 0.1) is 6.04 Å². The number of hydrogen-bond acceptors (Lipinski definition) is 3. The number of aliphatic hydroxyl groups excluding tert-OH is 3. The van der Waals surface area contributed by atoms with Gasteiger partial charge in [0.2, 0.25) is 0 Å². The van der Waals surface area contributed by atoms with E-state index in [0.29, 0.717) is 5.32 Å². The third-order valence-electron chi connectivity index (χ3n) is 7.06. The molecule has 0 rings (SSSR count). The van der Waals surface area contributed by atoms with Gasteiger partial charge in [0.25, 0.3) is 0 Å². The van der Waals surface area contributed by atoms with Crippen molar-refractivity contribution in [2.24, 2.45) is 0 Å². The Bertz CT molecular complexity index is 1180. The highest BCUT2D eigenvalue weighted by Gasteiger charge is 3.01. The SMILES string of the molecule is OCCC(CCO)[NH2+]CC(O)CC(F)(F)C(F)(F)C(F)(F)C(F)(F)C(F)(F)C(F)(F)C(F)(F)C(F)(F)C(F)(F)C(F)(F)C(F)(C(F)(F)F)C(F)(F)F.[I-]. The van der Waals surface area contributed by atoms with Gasteiger partial charge in [-0.15, -0.1) is 0 Å². The van der Waals surface area contributed by atoms with Crippen molar-refractivity contribution in [3.63, 3.8) is 0 Å². The summed E-state index contributed by atoms with van der Waals surface area (Å²) in [6, 6.07) is -1.12. The van der Waals surface area contributed by atoms with Crippen LogP contribution in [0.4, 0.5) is 119 Å². The third kappa shape index (κ3) is 7.98. The van der Waals surface area contributed by atoms with Crippen molar-refractivity contribution in [2.45, 2.75) is 109 Å². The van der Waals surface area contributed by atoms with Crippen molar-refractivity contribution < 1.29 is 163 Å². The van der Waals surface area contributed by atoms with Gasteiger partial charge >= 0.3 is 77.2 Å². The Morgan fingerprint density at radius 1 is 0.396 bits per heavy atom. The molecule has 0 bridgehead atoms. The summed E-state index contributed by atoms with van der Waals surface area (Å²) in [4.78, 5) is 0. The first kappa shape index (κ1) is 53.8. The maximum atomic E-state index is 14.1. The van der Waals surface area contributed by atoms with Crippen LogP contribution in [0.5, 0.6) is 0 Å². The Labute approximate surface area is 292 Å². The summed E-state index contributed by atoms with van der Waals surface area (Å²) < 4.78 is 367. The van der Waals surface area contributed by atoms with Crippen LogP contribution >= 0.6 is 0 Å². The van der Waals surface area contributed by atoms with Crippen molar-refractivity contribution >= 4 is 0 Å². The summed E-state index contributed by atoms with van der Waals surface area (Å²) in [5.41, 5.74) is -9.25. The van der Waals surface area contributed by atoms with Crippen molar-refractivity contribution in [1.29, 1.82) is 0 Å². The molecule has 0 saturated heterocycles. The maximum Gasteiger partial charge on any atom is 0.438 e.